The fourth-order valence-electron chi connectivity index (χ4n) is 12.2. The van der Waals surface area contributed by atoms with E-state index in [1.807, 2.05) is 0 Å². The number of fused-ring (bicyclic) bond motifs is 7. The first-order valence-electron chi connectivity index (χ1n) is 25.5. The number of rotatable bonds is 9. The molecule has 344 valence electrons. The minimum atomic E-state index is -0.506. The van der Waals surface area contributed by atoms with Gasteiger partial charge in [-0.3, -0.25) is 0 Å². The zero-order chi connectivity index (χ0) is 48.3. The first kappa shape index (κ1) is 42.6. The van der Waals surface area contributed by atoms with Crippen LogP contribution >= 0.6 is 0 Å². The lowest BCUT2D eigenvalue weighted by molar-refractivity contribution is 0.768. The van der Waals surface area contributed by atoms with Crippen LogP contribution in [-0.4, -0.2) is 4.57 Å². The monoisotopic (exact) mass is 930 g/mol. The number of nitrogens with zero attached hydrogens (tertiary/aromatic N) is 2. The van der Waals surface area contributed by atoms with Gasteiger partial charge in [0.15, 0.2) is 0 Å². The summed E-state index contributed by atoms with van der Waals surface area (Å²) in [5, 5.41) is 4.97. The Morgan fingerprint density at radius 3 is 1.63 bits per heavy atom. The lowest BCUT2D eigenvalue weighted by Crippen LogP contribution is -2.28. The summed E-state index contributed by atoms with van der Waals surface area (Å²) in [5.41, 5.74) is 21.8. The number of allylic oxidation sites excluding steroid dienone is 4. The van der Waals surface area contributed by atoms with E-state index in [9.17, 15) is 0 Å². The molecule has 73 heavy (non-hydrogen) atoms. The highest BCUT2D eigenvalue weighted by Crippen LogP contribution is 2.57. The molecule has 2 aliphatic carbocycles. The molecule has 0 saturated heterocycles. The van der Waals surface area contributed by atoms with E-state index in [2.05, 4.69) is 289 Å². The molecule has 1 aromatic heterocycles. The predicted molar refractivity (Wildman–Crippen MR) is 308 cm³/mol. The van der Waals surface area contributed by atoms with Crippen LogP contribution in [0.3, 0.4) is 0 Å². The molecular weight excluding hydrogens is 881 g/mol. The van der Waals surface area contributed by atoms with Crippen molar-refractivity contribution in [1.82, 2.24) is 4.57 Å². The van der Waals surface area contributed by atoms with Gasteiger partial charge >= 0.3 is 0 Å². The van der Waals surface area contributed by atoms with Gasteiger partial charge in [0.25, 0.3) is 0 Å². The summed E-state index contributed by atoms with van der Waals surface area (Å²) in [6.45, 7) is 0. The van der Waals surface area contributed by atoms with Crippen LogP contribution in [0.5, 0.6) is 0 Å². The fraction of sp³-hybridized carbons (Fsp3) is 0.0423. The molecule has 0 bridgehead atoms. The normalized spacial score (nSPS) is 13.6. The van der Waals surface area contributed by atoms with Crippen LogP contribution < -0.4 is 4.90 Å². The Morgan fingerprint density at radius 1 is 0.342 bits per heavy atom. The van der Waals surface area contributed by atoms with Crippen molar-refractivity contribution in [2.75, 3.05) is 4.90 Å². The molecule has 0 spiro atoms. The Hall–Kier alpha value is -9.24. The van der Waals surface area contributed by atoms with Crippen molar-refractivity contribution in [1.29, 1.82) is 0 Å². The minimum absolute atomic E-state index is 0.506. The third-order valence-electron chi connectivity index (χ3n) is 15.6. The van der Waals surface area contributed by atoms with Gasteiger partial charge in [0.05, 0.1) is 22.1 Å². The maximum atomic E-state index is 2.48. The molecule has 0 N–H and O–H groups in total. The summed E-state index contributed by atoms with van der Waals surface area (Å²) in [5.74, 6) is 0. The van der Waals surface area contributed by atoms with Gasteiger partial charge in [0.2, 0.25) is 0 Å². The van der Waals surface area contributed by atoms with Gasteiger partial charge in [0.1, 0.15) is 0 Å². The fourth-order valence-corrected chi connectivity index (χ4v) is 12.2. The van der Waals surface area contributed by atoms with Crippen LogP contribution in [0.2, 0.25) is 0 Å². The molecule has 0 unspecified atom stereocenters. The zero-order valence-electron chi connectivity index (χ0n) is 40.4. The Labute approximate surface area is 426 Å². The maximum absolute atomic E-state index is 2.48. The maximum Gasteiger partial charge on any atom is 0.0714 e. The van der Waals surface area contributed by atoms with Gasteiger partial charge in [0, 0.05) is 33.2 Å². The van der Waals surface area contributed by atoms with E-state index in [1.165, 1.54) is 105 Å². The second-order valence-electron chi connectivity index (χ2n) is 19.5. The topological polar surface area (TPSA) is 8.17 Å². The molecule has 2 aliphatic rings. The van der Waals surface area contributed by atoms with E-state index in [4.69, 9.17) is 0 Å². The zero-order valence-corrected chi connectivity index (χ0v) is 40.4. The van der Waals surface area contributed by atoms with E-state index in [-0.39, 0.29) is 0 Å². The SMILES string of the molecule is C1=C(c2ccccc2)CCC(n2c3ccccc3c3cc(-c4ccc(-c5ccc(N(c6ccc7c(c6)C(c6ccccc6)(c6ccccc6)c6ccccc6-7)c6cccc7ccccc67)cc5)cc4)ccc32)=C1. The van der Waals surface area contributed by atoms with Crippen LogP contribution in [0.15, 0.2) is 279 Å². The van der Waals surface area contributed by atoms with Crippen molar-refractivity contribution >= 4 is 60.9 Å². The van der Waals surface area contributed by atoms with Crippen molar-refractivity contribution in [2.24, 2.45) is 0 Å². The average Bonchev–Trinajstić information content (AvgIpc) is 3.97. The summed E-state index contributed by atoms with van der Waals surface area (Å²) in [7, 11) is 0. The molecular formula is C71H50N2. The van der Waals surface area contributed by atoms with E-state index < -0.39 is 5.41 Å². The average molecular weight is 931 g/mol. The van der Waals surface area contributed by atoms with Crippen LogP contribution in [0.4, 0.5) is 17.1 Å². The van der Waals surface area contributed by atoms with Gasteiger partial charge in [-0.15, -0.1) is 0 Å². The summed E-state index contributed by atoms with van der Waals surface area (Å²) in [6.07, 6.45) is 6.66. The van der Waals surface area contributed by atoms with Crippen molar-refractivity contribution in [2.45, 2.75) is 18.3 Å². The van der Waals surface area contributed by atoms with Crippen molar-refractivity contribution in [3.63, 3.8) is 0 Å². The van der Waals surface area contributed by atoms with Crippen LogP contribution in [0.1, 0.15) is 40.7 Å². The number of aromatic nitrogens is 1. The highest BCUT2D eigenvalue weighted by atomic mass is 15.1. The second kappa shape index (κ2) is 17.6. The molecule has 0 fully saturated rings. The quantitative estimate of drug-likeness (QED) is 0.140. The molecule has 0 aliphatic heterocycles. The van der Waals surface area contributed by atoms with Crippen molar-refractivity contribution in [3.05, 3.63) is 307 Å². The highest BCUT2D eigenvalue weighted by Gasteiger charge is 2.46. The van der Waals surface area contributed by atoms with E-state index in [0.717, 1.165) is 29.9 Å². The van der Waals surface area contributed by atoms with Gasteiger partial charge in [-0.2, -0.15) is 0 Å². The largest absolute Gasteiger partial charge is 0.313 e. The number of hydrogen-bond acceptors (Lipinski definition) is 1. The molecule has 2 nitrogen and oxygen atoms in total. The third kappa shape index (κ3) is 7.01. The Bertz CT molecular complexity index is 4060. The number of anilines is 3. The van der Waals surface area contributed by atoms with Gasteiger partial charge in [-0.1, -0.05) is 224 Å². The molecule has 2 heteroatoms. The molecule has 0 radical (unpaired) electrons. The van der Waals surface area contributed by atoms with E-state index >= 15 is 0 Å². The second-order valence-corrected chi connectivity index (χ2v) is 19.5. The molecule has 14 rings (SSSR count). The molecule has 0 saturated carbocycles. The highest BCUT2D eigenvalue weighted by molar-refractivity contribution is 6.11. The molecule has 1 heterocycles. The first-order chi connectivity index (χ1) is 36.2. The summed E-state index contributed by atoms with van der Waals surface area (Å²) >= 11 is 0. The Morgan fingerprint density at radius 2 is 0.904 bits per heavy atom. The standard InChI is InChI=1S/C71H50N2/c1-4-17-49(18-5-1)51-37-42-59(43-38-51)73-69-29-15-13-27-64(69)65-47-55(39-46-70(65)73)53-33-31-50(32-34-53)52-35-40-58(41-36-52)72(68-30-16-20-54-19-10-11-25-61(54)68)60-44-45-63-62-26-12-14-28-66(62)71(67(63)48-60,56-21-6-2-7-22-56)57-23-8-3-9-24-57/h1-37,39-42,44-48H,38,43H2. The van der Waals surface area contributed by atoms with Crippen LogP contribution in [-0.2, 0) is 5.41 Å². The first-order valence-corrected chi connectivity index (χ1v) is 25.5. The minimum Gasteiger partial charge on any atom is -0.313 e. The molecule has 0 atom stereocenters. The number of hydrogen-bond donors (Lipinski definition) is 0. The van der Waals surface area contributed by atoms with Crippen molar-refractivity contribution in [3.8, 4) is 33.4 Å². The molecule has 11 aromatic carbocycles. The molecule has 0 amide bonds. The lowest BCUT2D eigenvalue weighted by atomic mass is 9.67. The number of para-hydroxylation sites is 1. The van der Waals surface area contributed by atoms with Gasteiger partial charge in [-0.05, 0) is 140 Å². The Balaban J connectivity index is 0.831. The van der Waals surface area contributed by atoms with E-state index in [1.54, 1.807) is 0 Å². The summed E-state index contributed by atoms with van der Waals surface area (Å²) in [4.78, 5) is 2.45. The van der Waals surface area contributed by atoms with Crippen LogP contribution in [0, 0.1) is 0 Å². The summed E-state index contributed by atoms with van der Waals surface area (Å²) < 4.78 is 2.48. The lowest BCUT2D eigenvalue weighted by Gasteiger charge is -2.35. The Kier molecular flexibility index (Phi) is 10.3. The van der Waals surface area contributed by atoms with Crippen molar-refractivity contribution < 1.29 is 0 Å². The van der Waals surface area contributed by atoms with Crippen LogP contribution in [0.25, 0.3) is 77.2 Å². The predicted octanol–water partition coefficient (Wildman–Crippen LogP) is 18.8. The van der Waals surface area contributed by atoms with Gasteiger partial charge in [-0.25, -0.2) is 0 Å². The van der Waals surface area contributed by atoms with Gasteiger partial charge < -0.3 is 9.47 Å². The smallest absolute Gasteiger partial charge is 0.0714 e. The number of benzene rings is 11. The third-order valence-corrected chi connectivity index (χ3v) is 15.6. The summed E-state index contributed by atoms with van der Waals surface area (Å²) in [6, 6.07) is 98.5. The molecule has 12 aromatic rings. The van der Waals surface area contributed by atoms with E-state index in [0.29, 0.717) is 0 Å².